The Kier molecular flexibility index (Phi) is 6.18. The highest BCUT2D eigenvalue weighted by atomic mass is 35.5. The van der Waals surface area contributed by atoms with Crippen molar-refractivity contribution in [1.82, 2.24) is 4.57 Å². The maximum Gasteiger partial charge on any atom is 0.143 e. The summed E-state index contributed by atoms with van der Waals surface area (Å²) in [7, 11) is 0. The van der Waals surface area contributed by atoms with Gasteiger partial charge >= 0.3 is 0 Å². The first-order valence-corrected chi connectivity index (χ1v) is 19.2. The summed E-state index contributed by atoms with van der Waals surface area (Å²) in [6, 6.07) is 56.5. The third-order valence-electron chi connectivity index (χ3n) is 12.1. The molecule has 1 aliphatic carbocycles. The van der Waals surface area contributed by atoms with Gasteiger partial charge in [-0.1, -0.05) is 123 Å². The summed E-state index contributed by atoms with van der Waals surface area (Å²) in [6.45, 7) is 4.69. The molecule has 3 aromatic heterocycles. The molecular weight excluding hydrogens is 694 g/mol. The summed E-state index contributed by atoms with van der Waals surface area (Å²) in [5.41, 5.74) is 16.6. The minimum atomic E-state index is -0.0689. The number of nitrogens with zero attached hydrogens (tertiary/aromatic N) is 1. The van der Waals surface area contributed by atoms with Crippen LogP contribution < -0.4 is 0 Å². The van der Waals surface area contributed by atoms with Crippen LogP contribution in [0.5, 0.6) is 0 Å². The molecule has 0 unspecified atom stereocenters. The molecule has 12 rings (SSSR count). The SMILES string of the molecule is CC1(C)c2ccccc2-c2c(-n3c4ccccc4c4cc(-c5ccc6c(c5)oc5c(-c7ccc8oc9cccc(Cl)c9c8c7)cccc56)ccc43)cccc21. The van der Waals surface area contributed by atoms with Crippen molar-refractivity contribution in [2.45, 2.75) is 19.3 Å². The van der Waals surface area contributed by atoms with Gasteiger partial charge in [0.2, 0.25) is 0 Å². The van der Waals surface area contributed by atoms with Crippen LogP contribution in [-0.4, -0.2) is 4.57 Å². The molecule has 11 aromatic rings. The number of hydrogen-bond donors (Lipinski definition) is 0. The van der Waals surface area contributed by atoms with E-state index in [-0.39, 0.29) is 5.41 Å². The van der Waals surface area contributed by atoms with Crippen LogP contribution in [0.1, 0.15) is 25.0 Å². The summed E-state index contributed by atoms with van der Waals surface area (Å²) in [5, 5.41) is 7.26. The highest BCUT2D eigenvalue weighted by molar-refractivity contribution is 6.37. The summed E-state index contributed by atoms with van der Waals surface area (Å²) >= 11 is 6.65. The number of furan rings is 2. The largest absolute Gasteiger partial charge is 0.456 e. The predicted molar refractivity (Wildman–Crippen MR) is 229 cm³/mol. The lowest BCUT2D eigenvalue weighted by molar-refractivity contribution is 0.660. The van der Waals surface area contributed by atoms with E-state index in [1.807, 2.05) is 24.3 Å². The maximum atomic E-state index is 6.76. The second-order valence-electron chi connectivity index (χ2n) is 15.4. The quantitative estimate of drug-likeness (QED) is 0.182. The van der Waals surface area contributed by atoms with Crippen molar-refractivity contribution in [2.75, 3.05) is 0 Å². The lowest BCUT2D eigenvalue weighted by Gasteiger charge is -2.21. The Hall–Kier alpha value is -6.55. The highest BCUT2D eigenvalue weighted by Crippen LogP contribution is 2.52. The summed E-state index contributed by atoms with van der Waals surface area (Å²) in [6.07, 6.45) is 0. The predicted octanol–water partition coefficient (Wildman–Crippen LogP) is 14.9. The Labute approximate surface area is 321 Å². The van der Waals surface area contributed by atoms with Crippen molar-refractivity contribution >= 4 is 77.3 Å². The second kappa shape index (κ2) is 11.0. The molecular formula is C51H32ClNO2. The van der Waals surface area contributed by atoms with Gasteiger partial charge in [0.1, 0.15) is 22.3 Å². The van der Waals surface area contributed by atoms with Crippen LogP contribution in [0.3, 0.4) is 0 Å². The third-order valence-corrected chi connectivity index (χ3v) is 12.4. The first-order chi connectivity index (χ1) is 26.9. The molecule has 260 valence electrons. The average Bonchev–Trinajstić information content (AvgIpc) is 3.94. The van der Waals surface area contributed by atoms with Crippen molar-refractivity contribution in [3.63, 3.8) is 0 Å². The molecule has 3 nitrogen and oxygen atoms in total. The van der Waals surface area contributed by atoms with Gasteiger partial charge in [-0.25, -0.2) is 0 Å². The zero-order valence-electron chi connectivity index (χ0n) is 30.2. The van der Waals surface area contributed by atoms with Crippen molar-refractivity contribution in [2.24, 2.45) is 0 Å². The van der Waals surface area contributed by atoms with Crippen LogP contribution in [0.2, 0.25) is 5.02 Å². The van der Waals surface area contributed by atoms with Gasteiger partial charge in [-0.2, -0.15) is 0 Å². The van der Waals surface area contributed by atoms with Gasteiger partial charge < -0.3 is 13.4 Å². The first kappa shape index (κ1) is 30.9. The fourth-order valence-electron chi connectivity index (χ4n) is 9.49. The minimum absolute atomic E-state index is 0.0689. The molecule has 0 spiro atoms. The zero-order chi connectivity index (χ0) is 36.6. The Morgan fingerprint density at radius 2 is 1.18 bits per heavy atom. The van der Waals surface area contributed by atoms with Crippen molar-refractivity contribution in [3.8, 4) is 39.1 Å². The normalized spacial score (nSPS) is 13.5. The van der Waals surface area contributed by atoms with Crippen LogP contribution in [0, 0.1) is 0 Å². The second-order valence-corrected chi connectivity index (χ2v) is 15.8. The number of benzene rings is 8. The van der Waals surface area contributed by atoms with E-state index < -0.39 is 0 Å². The van der Waals surface area contributed by atoms with E-state index in [0.29, 0.717) is 5.02 Å². The Balaban J connectivity index is 1.01. The molecule has 0 aliphatic heterocycles. The highest BCUT2D eigenvalue weighted by Gasteiger charge is 2.37. The van der Waals surface area contributed by atoms with Gasteiger partial charge in [-0.05, 0) is 94.0 Å². The third kappa shape index (κ3) is 4.22. The fraction of sp³-hybridized carbons (Fsp3) is 0.0588. The Bertz CT molecular complexity index is 3430. The van der Waals surface area contributed by atoms with Crippen molar-refractivity contribution < 1.29 is 8.83 Å². The van der Waals surface area contributed by atoms with E-state index in [2.05, 4.69) is 152 Å². The van der Waals surface area contributed by atoms with Gasteiger partial charge in [-0.15, -0.1) is 0 Å². The number of aromatic nitrogens is 1. The minimum Gasteiger partial charge on any atom is -0.456 e. The van der Waals surface area contributed by atoms with Gasteiger partial charge in [-0.3, -0.25) is 0 Å². The van der Waals surface area contributed by atoms with E-state index in [4.69, 9.17) is 20.4 Å². The van der Waals surface area contributed by atoms with E-state index in [1.165, 1.54) is 49.7 Å². The van der Waals surface area contributed by atoms with Crippen LogP contribution in [-0.2, 0) is 5.41 Å². The summed E-state index contributed by atoms with van der Waals surface area (Å²) in [5.74, 6) is 0. The molecule has 0 bridgehead atoms. The van der Waals surface area contributed by atoms with E-state index in [1.54, 1.807) is 0 Å². The molecule has 0 saturated carbocycles. The zero-order valence-corrected chi connectivity index (χ0v) is 30.9. The lowest BCUT2D eigenvalue weighted by atomic mass is 9.82. The molecule has 0 amide bonds. The number of fused-ring (bicyclic) bond motifs is 12. The molecule has 55 heavy (non-hydrogen) atoms. The van der Waals surface area contributed by atoms with Crippen molar-refractivity contribution in [3.05, 3.63) is 174 Å². The Morgan fingerprint density at radius 1 is 0.473 bits per heavy atom. The Morgan fingerprint density at radius 3 is 2.13 bits per heavy atom. The molecule has 0 saturated heterocycles. The molecule has 0 fully saturated rings. The smallest absolute Gasteiger partial charge is 0.143 e. The number of rotatable bonds is 3. The topological polar surface area (TPSA) is 31.2 Å². The average molecular weight is 726 g/mol. The molecule has 1 aliphatic rings. The lowest BCUT2D eigenvalue weighted by Crippen LogP contribution is -2.14. The van der Waals surface area contributed by atoms with Crippen LogP contribution in [0.4, 0.5) is 0 Å². The van der Waals surface area contributed by atoms with E-state index in [9.17, 15) is 0 Å². The van der Waals surface area contributed by atoms with Crippen LogP contribution in [0.25, 0.3) is 105 Å². The standard InChI is InChI=1S/C51H32ClNO2/c1-51(2)39-14-5-3-11-36(39)48-40(51)15-8-18-44(48)53-42-17-6-4-10-33(42)37-26-29(21-24-43(37)53)30-20-23-34-35-13-7-12-32(50(35)55-47(34)28-30)31-22-25-45-38(27-31)49-41(52)16-9-19-46(49)54-45/h3-28H,1-2H3. The van der Waals surface area contributed by atoms with E-state index >= 15 is 0 Å². The van der Waals surface area contributed by atoms with Crippen LogP contribution >= 0.6 is 11.6 Å². The van der Waals surface area contributed by atoms with Crippen LogP contribution in [0.15, 0.2) is 167 Å². The van der Waals surface area contributed by atoms with Gasteiger partial charge in [0.05, 0.1) is 21.7 Å². The molecule has 0 atom stereocenters. The molecule has 0 radical (unpaired) electrons. The number of para-hydroxylation sites is 2. The monoisotopic (exact) mass is 725 g/mol. The maximum absolute atomic E-state index is 6.76. The summed E-state index contributed by atoms with van der Waals surface area (Å²) < 4.78 is 15.3. The van der Waals surface area contributed by atoms with E-state index in [0.717, 1.165) is 66.1 Å². The molecule has 0 N–H and O–H groups in total. The van der Waals surface area contributed by atoms with Crippen molar-refractivity contribution in [1.29, 1.82) is 0 Å². The van der Waals surface area contributed by atoms with Gasteiger partial charge in [0, 0.05) is 48.9 Å². The van der Waals surface area contributed by atoms with Gasteiger partial charge in [0.25, 0.3) is 0 Å². The molecule has 4 heteroatoms. The molecule has 3 heterocycles. The number of hydrogen-bond acceptors (Lipinski definition) is 2. The first-order valence-electron chi connectivity index (χ1n) is 18.8. The summed E-state index contributed by atoms with van der Waals surface area (Å²) in [4.78, 5) is 0. The number of halogens is 1. The van der Waals surface area contributed by atoms with Gasteiger partial charge in [0.15, 0.2) is 0 Å². The fourth-order valence-corrected chi connectivity index (χ4v) is 9.76. The molecule has 8 aromatic carbocycles.